The molecule has 0 heterocycles. The predicted molar refractivity (Wildman–Crippen MR) is 53.2 cm³/mol. The van der Waals surface area contributed by atoms with Gasteiger partial charge in [-0.2, -0.15) is 13.2 Å². The van der Waals surface area contributed by atoms with Crippen LogP contribution in [0.4, 0.5) is 13.2 Å². The van der Waals surface area contributed by atoms with Gasteiger partial charge in [-0.05, 0) is 33.5 Å². The lowest BCUT2D eigenvalue weighted by Crippen LogP contribution is -2.07. The Bertz CT molecular complexity index is 329. The maximum absolute atomic E-state index is 12.5. The molecule has 0 aliphatic heterocycles. The molecule has 1 aromatic rings. The van der Waals surface area contributed by atoms with Gasteiger partial charge >= 0.3 is 6.18 Å². The van der Waals surface area contributed by atoms with Crippen LogP contribution in [0, 0.1) is 0 Å². The summed E-state index contributed by atoms with van der Waals surface area (Å²) in [4.78, 5) is 0. The van der Waals surface area contributed by atoms with Crippen molar-refractivity contribution in [3.05, 3.63) is 33.8 Å². The molecule has 1 aromatic carbocycles. The Kier molecular flexibility index (Phi) is 3.24. The van der Waals surface area contributed by atoms with Crippen molar-refractivity contribution in [3.63, 3.8) is 0 Å². The third-order valence-corrected chi connectivity index (χ3v) is 2.84. The lowest BCUT2D eigenvalue weighted by atomic mass is 10.0. The number of hydrogen-bond donors (Lipinski definition) is 0. The molecule has 14 heavy (non-hydrogen) atoms. The third kappa shape index (κ3) is 2.29. The van der Waals surface area contributed by atoms with Crippen molar-refractivity contribution in [2.45, 2.75) is 25.9 Å². The van der Waals surface area contributed by atoms with E-state index in [4.69, 9.17) is 0 Å². The zero-order valence-corrected chi connectivity index (χ0v) is 9.41. The fourth-order valence-corrected chi connectivity index (χ4v) is 2.16. The van der Waals surface area contributed by atoms with Gasteiger partial charge in [-0.15, -0.1) is 0 Å². The molecular weight excluding hydrogens is 257 g/mol. The van der Waals surface area contributed by atoms with Crippen molar-refractivity contribution in [2.24, 2.45) is 0 Å². The van der Waals surface area contributed by atoms with Crippen LogP contribution in [0.25, 0.3) is 0 Å². The van der Waals surface area contributed by atoms with Crippen LogP contribution >= 0.6 is 15.9 Å². The van der Waals surface area contributed by atoms with Gasteiger partial charge < -0.3 is 0 Å². The summed E-state index contributed by atoms with van der Waals surface area (Å²) >= 11 is 3.00. The van der Waals surface area contributed by atoms with E-state index in [0.29, 0.717) is 5.56 Å². The average Bonchev–Trinajstić information content (AvgIpc) is 2.01. The van der Waals surface area contributed by atoms with Gasteiger partial charge in [-0.25, -0.2) is 0 Å². The van der Waals surface area contributed by atoms with Crippen molar-refractivity contribution in [3.8, 4) is 0 Å². The first kappa shape index (κ1) is 11.6. The molecule has 0 amide bonds. The average molecular weight is 267 g/mol. The number of hydrogen-bond acceptors (Lipinski definition) is 0. The van der Waals surface area contributed by atoms with Crippen LogP contribution in [0.5, 0.6) is 0 Å². The van der Waals surface area contributed by atoms with E-state index in [-0.39, 0.29) is 10.4 Å². The molecule has 0 radical (unpaired) electrons. The van der Waals surface area contributed by atoms with Crippen LogP contribution in [0.3, 0.4) is 0 Å². The molecule has 4 heteroatoms. The Morgan fingerprint density at radius 2 is 1.79 bits per heavy atom. The van der Waals surface area contributed by atoms with Crippen molar-refractivity contribution >= 4 is 15.9 Å². The Balaban J connectivity index is 3.28. The van der Waals surface area contributed by atoms with Gasteiger partial charge in [0.1, 0.15) is 0 Å². The zero-order chi connectivity index (χ0) is 10.9. The van der Waals surface area contributed by atoms with E-state index >= 15 is 0 Å². The maximum atomic E-state index is 12.5. The minimum Gasteiger partial charge on any atom is -0.166 e. The normalized spacial score (nSPS) is 12.2. The van der Waals surface area contributed by atoms with Crippen LogP contribution in [0.2, 0.25) is 0 Å². The predicted octanol–water partition coefficient (Wildman–Crippen LogP) is 4.59. The summed E-state index contributed by atoms with van der Waals surface area (Å²) in [5.74, 6) is 0.0756. The second-order valence-corrected chi connectivity index (χ2v) is 4.15. The van der Waals surface area contributed by atoms with Crippen LogP contribution < -0.4 is 0 Å². The molecule has 0 atom stereocenters. The lowest BCUT2D eigenvalue weighted by Gasteiger charge is -2.14. The molecule has 0 fully saturated rings. The minimum absolute atomic E-state index is 0.0756. The zero-order valence-electron chi connectivity index (χ0n) is 7.82. The molecule has 0 N–H and O–H groups in total. The summed E-state index contributed by atoms with van der Waals surface area (Å²) in [5, 5.41) is 0. The van der Waals surface area contributed by atoms with Crippen LogP contribution in [-0.4, -0.2) is 0 Å². The lowest BCUT2D eigenvalue weighted by molar-refractivity contribution is -0.138. The molecule has 0 saturated heterocycles. The SMILES string of the molecule is CC(C)c1cccc(C(F)(F)F)c1Br. The molecule has 0 bridgehead atoms. The number of halogens is 4. The van der Waals surface area contributed by atoms with E-state index in [2.05, 4.69) is 15.9 Å². The van der Waals surface area contributed by atoms with Gasteiger partial charge in [0.2, 0.25) is 0 Å². The highest BCUT2D eigenvalue weighted by molar-refractivity contribution is 9.10. The van der Waals surface area contributed by atoms with Gasteiger partial charge in [-0.1, -0.05) is 26.0 Å². The Morgan fingerprint density at radius 1 is 1.21 bits per heavy atom. The van der Waals surface area contributed by atoms with E-state index in [0.717, 1.165) is 6.07 Å². The molecule has 0 aromatic heterocycles. The van der Waals surface area contributed by atoms with Gasteiger partial charge in [0.05, 0.1) is 5.56 Å². The molecular formula is C10H10BrF3. The number of rotatable bonds is 1. The minimum atomic E-state index is -4.29. The quantitative estimate of drug-likeness (QED) is 0.698. The standard InChI is InChI=1S/C10H10BrF3/c1-6(2)7-4-3-5-8(9(7)11)10(12,13)14/h3-6H,1-2H3. The largest absolute Gasteiger partial charge is 0.417 e. The summed E-state index contributed by atoms with van der Waals surface area (Å²) in [7, 11) is 0. The summed E-state index contributed by atoms with van der Waals surface area (Å²) < 4.78 is 37.5. The second kappa shape index (κ2) is 3.93. The van der Waals surface area contributed by atoms with Crippen molar-refractivity contribution in [1.29, 1.82) is 0 Å². The van der Waals surface area contributed by atoms with E-state index in [1.54, 1.807) is 6.07 Å². The molecule has 0 aliphatic rings. The van der Waals surface area contributed by atoms with Gasteiger partial charge in [0.25, 0.3) is 0 Å². The summed E-state index contributed by atoms with van der Waals surface area (Å²) in [6.07, 6.45) is -4.29. The summed E-state index contributed by atoms with van der Waals surface area (Å²) in [6, 6.07) is 4.21. The molecule has 1 rings (SSSR count). The molecule has 0 saturated carbocycles. The van der Waals surface area contributed by atoms with Gasteiger partial charge in [-0.3, -0.25) is 0 Å². The second-order valence-electron chi connectivity index (χ2n) is 3.36. The van der Waals surface area contributed by atoms with Crippen LogP contribution in [-0.2, 0) is 6.18 Å². The van der Waals surface area contributed by atoms with Crippen molar-refractivity contribution in [1.82, 2.24) is 0 Å². The van der Waals surface area contributed by atoms with E-state index in [1.165, 1.54) is 6.07 Å². The molecule has 0 aliphatic carbocycles. The first-order valence-corrected chi connectivity index (χ1v) is 4.99. The van der Waals surface area contributed by atoms with Gasteiger partial charge in [0.15, 0.2) is 0 Å². The Hall–Kier alpha value is -0.510. The highest BCUT2D eigenvalue weighted by Gasteiger charge is 2.33. The van der Waals surface area contributed by atoms with Crippen molar-refractivity contribution < 1.29 is 13.2 Å². The molecule has 78 valence electrons. The Morgan fingerprint density at radius 3 is 2.21 bits per heavy atom. The number of benzene rings is 1. The highest BCUT2D eigenvalue weighted by Crippen LogP contribution is 2.38. The van der Waals surface area contributed by atoms with E-state index in [9.17, 15) is 13.2 Å². The Labute approximate surface area is 89.3 Å². The third-order valence-electron chi connectivity index (χ3n) is 1.96. The summed E-state index contributed by atoms with van der Waals surface area (Å²) in [6.45, 7) is 3.72. The fourth-order valence-electron chi connectivity index (χ4n) is 1.21. The number of alkyl halides is 3. The van der Waals surface area contributed by atoms with E-state index < -0.39 is 11.7 Å². The van der Waals surface area contributed by atoms with Crippen LogP contribution in [0.1, 0.15) is 30.9 Å². The van der Waals surface area contributed by atoms with Crippen LogP contribution in [0.15, 0.2) is 22.7 Å². The first-order chi connectivity index (χ1) is 6.34. The summed E-state index contributed by atoms with van der Waals surface area (Å²) in [5.41, 5.74) is 0.0727. The smallest absolute Gasteiger partial charge is 0.166 e. The van der Waals surface area contributed by atoms with Gasteiger partial charge in [0, 0.05) is 4.47 Å². The monoisotopic (exact) mass is 266 g/mol. The van der Waals surface area contributed by atoms with Crippen molar-refractivity contribution in [2.75, 3.05) is 0 Å². The first-order valence-electron chi connectivity index (χ1n) is 4.19. The molecule has 0 unspecified atom stereocenters. The highest BCUT2D eigenvalue weighted by atomic mass is 79.9. The molecule has 0 spiro atoms. The van der Waals surface area contributed by atoms with E-state index in [1.807, 2.05) is 13.8 Å². The topological polar surface area (TPSA) is 0 Å². The maximum Gasteiger partial charge on any atom is 0.417 e. The molecule has 0 nitrogen and oxygen atoms in total. The fraction of sp³-hybridized carbons (Fsp3) is 0.400.